The molecule has 0 saturated heterocycles. The number of aryl methyl sites for hydroxylation is 1. The minimum atomic E-state index is -3.60. The Balaban J connectivity index is 1.31. The molecule has 43 heavy (non-hydrogen) atoms. The molecule has 226 valence electrons. The van der Waals surface area contributed by atoms with Gasteiger partial charge >= 0.3 is 0 Å². The quantitative estimate of drug-likeness (QED) is 0.204. The van der Waals surface area contributed by atoms with E-state index in [2.05, 4.69) is 15.0 Å². The molecular formula is C30H31FN4O7S. The number of benzene rings is 2. The summed E-state index contributed by atoms with van der Waals surface area (Å²) < 4.78 is 49.8. The van der Waals surface area contributed by atoms with Gasteiger partial charge in [0.1, 0.15) is 11.3 Å². The number of nitrogens with one attached hydrogen (secondary N) is 3. The van der Waals surface area contributed by atoms with E-state index in [-0.39, 0.29) is 51.9 Å². The predicted molar refractivity (Wildman–Crippen MR) is 159 cm³/mol. The Labute approximate surface area is 246 Å². The summed E-state index contributed by atoms with van der Waals surface area (Å²) in [5.74, 6) is -2.11. The maximum atomic E-state index is 15.3. The van der Waals surface area contributed by atoms with Gasteiger partial charge in [-0.2, -0.15) is 0 Å². The molecule has 5 atom stereocenters. The van der Waals surface area contributed by atoms with Gasteiger partial charge in [0.05, 0.1) is 18.0 Å². The third-order valence-corrected chi connectivity index (χ3v) is 9.80. The molecule has 2 fully saturated rings. The summed E-state index contributed by atoms with van der Waals surface area (Å²) in [5.41, 5.74) is 1.52. The summed E-state index contributed by atoms with van der Waals surface area (Å²) >= 11 is 0. The molecule has 2 bridgehead atoms. The molecule has 2 aliphatic rings. The van der Waals surface area contributed by atoms with Gasteiger partial charge in [0, 0.05) is 59.3 Å². The summed E-state index contributed by atoms with van der Waals surface area (Å²) in [7, 11) is -2.01. The van der Waals surface area contributed by atoms with E-state index in [0.717, 1.165) is 6.07 Å². The molecule has 1 amide bonds. The number of fused-ring (bicyclic) bond motifs is 3. The minimum absolute atomic E-state index is 0.124. The Bertz CT molecular complexity index is 1900. The second-order valence-corrected chi connectivity index (χ2v) is 13.2. The number of aromatic nitrogens is 2. The van der Waals surface area contributed by atoms with E-state index in [1.165, 1.54) is 35.8 Å². The van der Waals surface area contributed by atoms with E-state index in [1.807, 2.05) is 0 Å². The van der Waals surface area contributed by atoms with Crippen LogP contribution in [-0.4, -0.2) is 52.0 Å². The lowest BCUT2D eigenvalue weighted by Crippen LogP contribution is -2.41. The fourth-order valence-corrected chi connectivity index (χ4v) is 6.87. The zero-order valence-electron chi connectivity index (χ0n) is 23.4. The number of amides is 1. The number of anilines is 2. The smallest absolute Gasteiger partial charge is 0.274 e. The largest absolute Gasteiger partial charge is 0.454 e. The number of carbonyl (C=O) groups is 1. The van der Waals surface area contributed by atoms with Crippen LogP contribution in [0, 0.1) is 23.6 Å². The highest BCUT2D eigenvalue weighted by Gasteiger charge is 2.53. The predicted octanol–water partition coefficient (Wildman–Crippen LogP) is 3.54. The number of halogens is 1. The molecule has 0 aliphatic heterocycles. The number of aliphatic hydroxyl groups excluding tert-OH is 2. The number of hydrogen-bond donors (Lipinski definition) is 5. The van der Waals surface area contributed by atoms with Crippen molar-refractivity contribution in [2.45, 2.75) is 32.0 Å². The number of hydrogen-bond acceptors (Lipinski definition) is 7. The summed E-state index contributed by atoms with van der Waals surface area (Å²) in [6, 6.07) is 10.3. The van der Waals surface area contributed by atoms with Crippen LogP contribution in [0.5, 0.6) is 11.5 Å². The van der Waals surface area contributed by atoms with Gasteiger partial charge in [0.2, 0.25) is 15.9 Å². The fraction of sp³-hybridized carbons (Fsp3) is 0.333. The molecule has 2 aliphatic carbocycles. The highest BCUT2D eigenvalue weighted by Crippen LogP contribution is 2.49. The van der Waals surface area contributed by atoms with Crippen LogP contribution >= 0.6 is 0 Å². The molecule has 5 N–H and O–H groups in total. The van der Waals surface area contributed by atoms with Gasteiger partial charge in [-0.1, -0.05) is 0 Å². The summed E-state index contributed by atoms with van der Waals surface area (Å²) in [6.07, 6.45) is 2.49. The topological polar surface area (TPSA) is 163 Å². The van der Waals surface area contributed by atoms with Crippen molar-refractivity contribution < 1.29 is 32.6 Å². The molecule has 2 heterocycles. The standard InChI is InChI=1S/C30H31FN4O7S/c1-3-43(40,41)34-17-5-6-24(19(12-17)22-14-35(2)30(39)26-18(22)8-9-32-26)42-25-7-4-16(13-23(25)31)33-29(38)21-11-15-10-20(21)28(37)27(15)36/h4-9,12-15,20-21,27-28,32,34,36-37H,3,10-11H2,1-2H3,(H,33,38)/t15-,20+,21-,27-,28+/m0/s1. The summed E-state index contributed by atoms with van der Waals surface area (Å²) in [6.45, 7) is 1.51. The van der Waals surface area contributed by atoms with E-state index in [1.54, 1.807) is 31.6 Å². The third-order valence-electron chi connectivity index (χ3n) is 8.49. The number of carbonyl (C=O) groups excluding carboxylic acids is 1. The average Bonchev–Trinajstić information content (AvgIpc) is 3.70. The van der Waals surface area contributed by atoms with Crippen LogP contribution in [0.15, 0.2) is 59.7 Å². The van der Waals surface area contributed by atoms with Gasteiger partial charge in [0.15, 0.2) is 11.6 Å². The van der Waals surface area contributed by atoms with Crippen LogP contribution in [0.25, 0.3) is 22.0 Å². The zero-order chi connectivity index (χ0) is 30.6. The van der Waals surface area contributed by atoms with E-state index in [4.69, 9.17) is 4.74 Å². The average molecular weight is 611 g/mol. The van der Waals surface area contributed by atoms with Crippen molar-refractivity contribution in [1.29, 1.82) is 0 Å². The number of sulfonamides is 1. The number of aliphatic hydroxyl groups is 2. The molecule has 4 aromatic rings. The van der Waals surface area contributed by atoms with Crippen LogP contribution < -0.4 is 20.3 Å². The van der Waals surface area contributed by atoms with Crippen molar-refractivity contribution in [3.8, 4) is 22.6 Å². The molecule has 0 spiro atoms. The number of aromatic amines is 1. The molecule has 13 heteroatoms. The Morgan fingerprint density at radius 3 is 2.51 bits per heavy atom. The maximum absolute atomic E-state index is 15.3. The van der Waals surface area contributed by atoms with Crippen molar-refractivity contribution in [1.82, 2.24) is 9.55 Å². The lowest BCUT2D eigenvalue weighted by Gasteiger charge is -2.28. The molecule has 0 unspecified atom stereocenters. The van der Waals surface area contributed by atoms with Crippen molar-refractivity contribution in [2.24, 2.45) is 24.8 Å². The number of pyridine rings is 1. The third kappa shape index (κ3) is 5.28. The second-order valence-electron chi connectivity index (χ2n) is 11.2. The highest BCUT2D eigenvalue weighted by atomic mass is 32.2. The van der Waals surface area contributed by atoms with Crippen molar-refractivity contribution in [3.63, 3.8) is 0 Å². The van der Waals surface area contributed by atoms with E-state index < -0.39 is 34.0 Å². The van der Waals surface area contributed by atoms with Crippen LogP contribution in [0.3, 0.4) is 0 Å². The first-order valence-electron chi connectivity index (χ1n) is 13.9. The first-order valence-corrected chi connectivity index (χ1v) is 15.6. The minimum Gasteiger partial charge on any atom is -0.454 e. The van der Waals surface area contributed by atoms with Gasteiger partial charge in [-0.05, 0) is 68.0 Å². The molecule has 11 nitrogen and oxygen atoms in total. The Morgan fingerprint density at radius 1 is 1.07 bits per heavy atom. The van der Waals surface area contributed by atoms with E-state index >= 15 is 4.39 Å². The zero-order valence-corrected chi connectivity index (χ0v) is 24.2. The molecule has 2 aromatic carbocycles. The summed E-state index contributed by atoms with van der Waals surface area (Å²) in [5, 5.41) is 23.5. The van der Waals surface area contributed by atoms with Crippen molar-refractivity contribution >= 4 is 38.2 Å². The monoisotopic (exact) mass is 610 g/mol. The van der Waals surface area contributed by atoms with Gasteiger partial charge in [-0.25, -0.2) is 12.8 Å². The van der Waals surface area contributed by atoms with E-state index in [9.17, 15) is 28.2 Å². The number of rotatable bonds is 8. The molecule has 6 rings (SSSR count). The van der Waals surface area contributed by atoms with Gasteiger partial charge in [0.25, 0.3) is 5.56 Å². The maximum Gasteiger partial charge on any atom is 0.274 e. The molecule has 2 saturated carbocycles. The van der Waals surface area contributed by atoms with E-state index in [0.29, 0.717) is 34.9 Å². The van der Waals surface area contributed by atoms with Crippen LogP contribution in [-0.2, 0) is 21.9 Å². The van der Waals surface area contributed by atoms with Gasteiger partial charge < -0.3 is 29.8 Å². The van der Waals surface area contributed by atoms with Crippen LogP contribution in [0.2, 0.25) is 0 Å². The molecule has 0 radical (unpaired) electrons. The van der Waals surface area contributed by atoms with Crippen molar-refractivity contribution in [3.05, 3.63) is 71.0 Å². The van der Waals surface area contributed by atoms with Crippen molar-refractivity contribution in [2.75, 3.05) is 15.8 Å². The van der Waals surface area contributed by atoms with Crippen LogP contribution in [0.1, 0.15) is 19.8 Å². The first-order chi connectivity index (χ1) is 20.5. The normalized spacial score (nSPS) is 23.0. The lowest BCUT2D eigenvalue weighted by molar-refractivity contribution is -0.125. The highest BCUT2D eigenvalue weighted by molar-refractivity contribution is 7.92. The molecular weight excluding hydrogens is 579 g/mol. The first kappa shape index (κ1) is 28.9. The SMILES string of the molecule is CCS(=O)(=O)Nc1ccc(Oc2ccc(NC(=O)[C@H]3C[C@@H]4C[C@H]3[C@@H](O)[C@H]4O)cc2F)c(-c2cn(C)c(=O)c3[nH]ccc23)c1. The fourth-order valence-electron chi connectivity index (χ4n) is 6.24. The Kier molecular flexibility index (Phi) is 7.27. The van der Waals surface area contributed by atoms with Gasteiger partial charge in [-0.3, -0.25) is 14.3 Å². The Hall–Kier alpha value is -4.20. The second kappa shape index (κ2) is 10.8. The number of ether oxygens (including phenoxy) is 1. The van der Waals surface area contributed by atoms with Gasteiger partial charge in [-0.15, -0.1) is 0 Å². The number of nitrogens with zero attached hydrogens (tertiary/aromatic N) is 1. The number of H-pyrrole nitrogens is 1. The molecule has 2 aromatic heterocycles. The summed E-state index contributed by atoms with van der Waals surface area (Å²) in [4.78, 5) is 28.5. The lowest BCUT2D eigenvalue weighted by atomic mass is 9.84. The Morgan fingerprint density at radius 2 is 1.81 bits per heavy atom. The van der Waals surface area contributed by atoms with Crippen LogP contribution in [0.4, 0.5) is 15.8 Å².